The number of hydrogen-bond donors (Lipinski definition) is 2. The first-order chi connectivity index (χ1) is 11.7. The summed E-state index contributed by atoms with van der Waals surface area (Å²) >= 11 is 0. The van der Waals surface area contributed by atoms with Crippen LogP contribution in [0.2, 0.25) is 0 Å². The third kappa shape index (κ3) is 5.05. The first-order valence-corrected chi connectivity index (χ1v) is 10.7. The maximum absolute atomic E-state index is 12.5. The van der Waals surface area contributed by atoms with Gasteiger partial charge in [-0.25, -0.2) is 13.1 Å². The van der Waals surface area contributed by atoms with Gasteiger partial charge in [0.05, 0.1) is 4.90 Å². The second-order valence-corrected chi connectivity index (χ2v) is 9.02. The average molecular weight is 367 g/mol. The molecule has 1 fully saturated rings. The first kappa shape index (κ1) is 19.9. The summed E-state index contributed by atoms with van der Waals surface area (Å²) in [7, 11) is -3.54. The minimum atomic E-state index is -3.54. The Bertz CT molecular complexity index is 685. The Hall–Kier alpha value is -1.40. The quantitative estimate of drug-likeness (QED) is 0.811. The van der Waals surface area contributed by atoms with Crippen LogP contribution in [0.15, 0.2) is 29.2 Å². The number of sulfonamides is 1. The molecule has 1 aliphatic carbocycles. The molecule has 0 aliphatic heterocycles. The lowest BCUT2D eigenvalue weighted by Crippen LogP contribution is -2.43. The summed E-state index contributed by atoms with van der Waals surface area (Å²) in [5, 5.41) is 3.11. The van der Waals surface area contributed by atoms with Gasteiger partial charge in [-0.2, -0.15) is 0 Å². The van der Waals surface area contributed by atoms with Gasteiger partial charge < -0.3 is 5.32 Å². The lowest BCUT2D eigenvalue weighted by molar-refractivity contribution is 0.0891. The van der Waals surface area contributed by atoms with E-state index >= 15 is 0 Å². The largest absolute Gasteiger partial charge is 0.349 e. The number of benzene rings is 1. The van der Waals surface area contributed by atoms with Gasteiger partial charge in [0.1, 0.15) is 0 Å². The summed E-state index contributed by atoms with van der Waals surface area (Å²) in [4.78, 5) is 12.7. The van der Waals surface area contributed by atoms with Gasteiger partial charge in [-0.05, 0) is 55.9 Å². The molecule has 5 nitrogen and oxygen atoms in total. The van der Waals surface area contributed by atoms with Crippen molar-refractivity contribution in [3.63, 3.8) is 0 Å². The molecule has 1 amide bonds. The number of carbonyl (C=O) groups is 1. The first-order valence-electron chi connectivity index (χ1n) is 9.17. The second kappa shape index (κ2) is 8.32. The van der Waals surface area contributed by atoms with Crippen LogP contribution >= 0.6 is 0 Å². The van der Waals surface area contributed by atoms with E-state index < -0.39 is 10.0 Å². The normalized spacial score (nSPS) is 25.4. The van der Waals surface area contributed by atoms with Crippen molar-refractivity contribution in [2.24, 2.45) is 11.8 Å². The van der Waals surface area contributed by atoms with E-state index in [4.69, 9.17) is 0 Å². The van der Waals surface area contributed by atoms with Crippen molar-refractivity contribution < 1.29 is 13.2 Å². The van der Waals surface area contributed by atoms with Crippen LogP contribution in [0, 0.1) is 11.8 Å². The van der Waals surface area contributed by atoms with Gasteiger partial charge in [-0.1, -0.05) is 33.6 Å². The Balaban J connectivity index is 2.05. The van der Waals surface area contributed by atoms with E-state index in [9.17, 15) is 13.2 Å². The number of carbonyl (C=O) groups excluding carboxylic acids is 1. The Morgan fingerprint density at radius 1 is 1.20 bits per heavy atom. The van der Waals surface area contributed by atoms with Crippen LogP contribution < -0.4 is 10.0 Å². The van der Waals surface area contributed by atoms with Gasteiger partial charge in [-0.15, -0.1) is 0 Å². The topological polar surface area (TPSA) is 75.3 Å². The predicted molar refractivity (Wildman–Crippen MR) is 99.9 cm³/mol. The fraction of sp³-hybridized carbons (Fsp3) is 0.632. The molecule has 6 heteroatoms. The zero-order valence-electron chi connectivity index (χ0n) is 15.6. The van der Waals surface area contributed by atoms with Crippen molar-refractivity contribution in [1.82, 2.24) is 10.0 Å². The van der Waals surface area contributed by atoms with Crippen LogP contribution in [-0.2, 0) is 10.0 Å². The summed E-state index contributed by atoms with van der Waals surface area (Å²) in [6, 6.07) is 6.21. The molecule has 2 rings (SSSR count). The van der Waals surface area contributed by atoms with E-state index in [2.05, 4.69) is 23.9 Å². The highest BCUT2D eigenvalue weighted by molar-refractivity contribution is 7.89. The summed E-state index contributed by atoms with van der Waals surface area (Å²) < 4.78 is 27.2. The Kier molecular flexibility index (Phi) is 6.63. The molecule has 0 radical (unpaired) electrons. The van der Waals surface area contributed by atoms with Crippen molar-refractivity contribution in [3.8, 4) is 0 Å². The van der Waals surface area contributed by atoms with Crippen LogP contribution in [0.5, 0.6) is 0 Å². The third-order valence-corrected chi connectivity index (χ3v) is 7.02. The SMILES string of the molecule is CCC(C)NS(=O)(=O)c1ccc(C(=O)NC2CCCC(C)C2C)cc1. The summed E-state index contributed by atoms with van der Waals surface area (Å²) in [6.45, 7) is 8.16. The number of hydrogen-bond acceptors (Lipinski definition) is 3. The highest BCUT2D eigenvalue weighted by Gasteiger charge is 2.28. The maximum Gasteiger partial charge on any atom is 0.251 e. The molecule has 0 aromatic heterocycles. The molecule has 0 bridgehead atoms. The van der Waals surface area contributed by atoms with E-state index in [0.717, 1.165) is 19.3 Å². The number of nitrogens with one attached hydrogen (secondary N) is 2. The molecule has 4 atom stereocenters. The lowest BCUT2D eigenvalue weighted by Gasteiger charge is -2.34. The number of amides is 1. The Morgan fingerprint density at radius 2 is 1.84 bits per heavy atom. The fourth-order valence-corrected chi connectivity index (χ4v) is 4.57. The van der Waals surface area contributed by atoms with Crippen molar-refractivity contribution in [1.29, 1.82) is 0 Å². The van der Waals surface area contributed by atoms with E-state index in [-0.39, 0.29) is 22.9 Å². The smallest absolute Gasteiger partial charge is 0.251 e. The fourth-order valence-electron chi connectivity index (χ4n) is 3.24. The minimum absolute atomic E-state index is 0.122. The third-order valence-electron chi connectivity index (χ3n) is 5.42. The van der Waals surface area contributed by atoms with Crippen LogP contribution in [0.25, 0.3) is 0 Å². The Labute approximate surface area is 151 Å². The molecule has 0 saturated heterocycles. The minimum Gasteiger partial charge on any atom is -0.349 e. The molecule has 1 aliphatic rings. The molecule has 140 valence electrons. The standard InChI is InChI=1S/C19H30N2O3S/c1-5-14(3)21-25(23,24)17-11-9-16(10-12-17)19(22)20-18-8-6-7-13(2)15(18)4/h9-15,18,21H,5-8H2,1-4H3,(H,20,22). The van der Waals surface area contributed by atoms with Gasteiger partial charge in [0.15, 0.2) is 0 Å². The van der Waals surface area contributed by atoms with Gasteiger partial charge >= 0.3 is 0 Å². The van der Waals surface area contributed by atoms with Gasteiger partial charge in [0.25, 0.3) is 5.91 Å². The molecule has 0 spiro atoms. The monoisotopic (exact) mass is 366 g/mol. The molecule has 1 aromatic carbocycles. The van der Waals surface area contributed by atoms with Crippen LogP contribution in [0.3, 0.4) is 0 Å². The summed E-state index contributed by atoms with van der Waals surface area (Å²) in [5.74, 6) is 0.931. The molecule has 1 aromatic rings. The van der Waals surface area contributed by atoms with Gasteiger partial charge in [-0.3, -0.25) is 4.79 Å². The van der Waals surface area contributed by atoms with E-state index in [1.54, 1.807) is 12.1 Å². The van der Waals surface area contributed by atoms with E-state index in [0.29, 0.717) is 17.4 Å². The van der Waals surface area contributed by atoms with Crippen LogP contribution in [0.4, 0.5) is 0 Å². The molecule has 2 N–H and O–H groups in total. The predicted octanol–water partition coefficient (Wildman–Crippen LogP) is 3.32. The summed E-state index contributed by atoms with van der Waals surface area (Å²) in [5.41, 5.74) is 0.493. The highest BCUT2D eigenvalue weighted by atomic mass is 32.2. The van der Waals surface area contributed by atoms with Crippen molar-refractivity contribution >= 4 is 15.9 Å². The molecular formula is C19H30N2O3S. The van der Waals surface area contributed by atoms with Crippen molar-refractivity contribution in [3.05, 3.63) is 29.8 Å². The maximum atomic E-state index is 12.5. The van der Waals surface area contributed by atoms with Gasteiger partial charge in [0, 0.05) is 17.6 Å². The average Bonchev–Trinajstić information content (AvgIpc) is 2.58. The molecule has 25 heavy (non-hydrogen) atoms. The van der Waals surface area contributed by atoms with E-state index in [1.165, 1.54) is 18.6 Å². The zero-order valence-corrected chi connectivity index (χ0v) is 16.4. The van der Waals surface area contributed by atoms with E-state index in [1.807, 2.05) is 13.8 Å². The zero-order chi connectivity index (χ0) is 18.6. The molecule has 1 saturated carbocycles. The lowest BCUT2D eigenvalue weighted by atomic mass is 9.78. The van der Waals surface area contributed by atoms with Gasteiger partial charge in [0.2, 0.25) is 10.0 Å². The second-order valence-electron chi connectivity index (χ2n) is 7.30. The Morgan fingerprint density at radius 3 is 2.44 bits per heavy atom. The van der Waals surface area contributed by atoms with Crippen molar-refractivity contribution in [2.45, 2.75) is 70.4 Å². The molecular weight excluding hydrogens is 336 g/mol. The van der Waals surface area contributed by atoms with Crippen LogP contribution in [0.1, 0.15) is 63.7 Å². The highest BCUT2D eigenvalue weighted by Crippen LogP contribution is 2.29. The van der Waals surface area contributed by atoms with Crippen LogP contribution in [-0.4, -0.2) is 26.4 Å². The summed E-state index contributed by atoms with van der Waals surface area (Å²) in [6.07, 6.45) is 4.07. The molecule has 0 heterocycles. The molecule has 4 unspecified atom stereocenters. The van der Waals surface area contributed by atoms with Crippen molar-refractivity contribution in [2.75, 3.05) is 0 Å². The number of rotatable bonds is 6.